The minimum absolute atomic E-state index is 0.901. The average molecular weight is 353 g/mol. The van der Waals surface area contributed by atoms with Crippen molar-refractivity contribution >= 4 is 34.2 Å². The molecule has 0 fully saturated rings. The zero-order valence-corrected chi connectivity index (χ0v) is 12.7. The number of azo groups is 1. The highest BCUT2D eigenvalue weighted by molar-refractivity contribution is 14.1. The van der Waals surface area contributed by atoms with Crippen LogP contribution in [0.15, 0.2) is 51.8 Å². The molecule has 0 spiro atoms. The third kappa shape index (κ3) is 3.19. The van der Waals surface area contributed by atoms with Gasteiger partial charge in [0.2, 0.25) is 0 Å². The van der Waals surface area contributed by atoms with Gasteiger partial charge in [-0.05, 0) is 56.0 Å². The highest BCUT2D eigenvalue weighted by Crippen LogP contribution is 2.25. The molecule has 3 nitrogen and oxygen atoms in total. The Morgan fingerprint density at radius 2 is 2.06 bits per heavy atom. The molecular formula is C14H16IN3. The number of nitrogens with zero attached hydrogens (tertiary/aromatic N) is 2. The first-order chi connectivity index (χ1) is 8.70. The summed E-state index contributed by atoms with van der Waals surface area (Å²) >= 11 is 2.13. The quantitative estimate of drug-likeness (QED) is 0.437. The van der Waals surface area contributed by atoms with Gasteiger partial charge in [-0.2, -0.15) is 10.2 Å². The van der Waals surface area contributed by atoms with Crippen LogP contribution in [0.4, 0.5) is 11.4 Å². The van der Waals surface area contributed by atoms with Crippen LogP contribution in [0.2, 0.25) is 0 Å². The highest BCUT2D eigenvalue weighted by Gasteiger charge is 2.03. The second-order valence-corrected chi connectivity index (χ2v) is 4.90. The van der Waals surface area contributed by atoms with E-state index >= 15 is 0 Å². The van der Waals surface area contributed by atoms with Crippen molar-refractivity contribution in [1.82, 2.24) is 0 Å². The second kappa shape index (κ2) is 6.13. The van der Waals surface area contributed by atoms with E-state index in [4.69, 9.17) is 0 Å². The van der Waals surface area contributed by atoms with Gasteiger partial charge in [0.15, 0.2) is 0 Å². The number of rotatable bonds is 3. The second-order valence-electron chi connectivity index (χ2n) is 4.36. The summed E-state index contributed by atoms with van der Waals surface area (Å²) < 4.78 is 3.11. The topological polar surface area (TPSA) is 36.8 Å². The molecule has 0 amide bonds. The van der Waals surface area contributed by atoms with Crippen LogP contribution in [0.3, 0.4) is 0 Å². The number of benzene rings is 1. The number of allylic oxidation sites excluding steroid dienone is 4. The van der Waals surface area contributed by atoms with Crippen LogP contribution < -0.4 is 3.53 Å². The molecule has 0 radical (unpaired) electrons. The van der Waals surface area contributed by atoms with Gasteiger partial charge in [0, 0.05) is 5.69 Å². The number of aryl methyl sites for hydroxylation is 1. The van der Waals surface area contributed by atoms with Crippen molar-refractivity contribution in [2.45, 2.75) is 26.7 Å². The average Bonchev–Trinajstić information content (AvgIpc) is 2.38. The van der Waals surface area contributed by atoms with Crippen molar-refractivity contribution in [2.24, 2.45) is 10.2 Å². The summed E-state index contributed by atoms with van der Waals surface area (Å²) in [6, 6.07) is 6.04. The smallest absolute Gasteiger partial charge is 0.0861 e. The summed E-state index contributed by atoms with van der Waals surface area (Å²) in [6.45, 7) is 4.15. The summed E-state index contributed by atoms with van der Waals surface area (Å²) in [7, 11) is 0. The van der Waals surface area contributed by atoms with E-state index in [0.29, 0.717) is 0 Å². The lowest BCUT2D eigenvalue weighted by atomic mass is 10.1. The molecule has 0 heterocycles. The van der Waals surface area contributed by atoms with E-state index in [1.54, 1.807) is 0 Å². The maximum Gasteiger partial charge on any atom is 0.0861 e. The van der Waals surface area contributed by atoms with E-state index in [0.717, 1.165) is 29.9 Å². The summed E-state index contributed by atoms with van der Waals surface area (Å²) in [6.07, 6.45) is 6.34. The van der Waals surface area contributed by atoms with Crippen LogP contribution in [0.5, 0.6) is 0 Å². The molecular weight excluding hydrogens is 337 g/mol. The van der Waals surface area contributed by atoms with Crippen LogP contribution in [0.1, 0.15) is 25.3 Å². The van der Waals surface area contributed by atoms with Crippen molar-refractivity contribution in [3.05, 3.63) is 47.2 Å². The summed E-state index contributed by atoms with van der Waals surface area (Å²) in [5, 5.41) is 8.68. The van der Waals surface area contributed by atoms with Crippen molar-refractivity contribution < 1.29 is 0 Å². The molecule has 2 rings (SSSR count). The van der Waals surface area contributed by atoms with Gasteiger partial charge in [-0.3, -0.25) is 0 Å². The minimum Gasteiger partial charge on any atom is -0.328 e. The van der Waals surface area contributed by atoms with Gasteiger partial charge in [-0.25, -0.2) is 0 Å². The molecule has 1 aliphatic rings. The fourth-order valence-electron chi connectivity index (χ4n) is 1.84. The molecule has 0 atom stereocenters. The first-order valence-electron chi connectivity index (χ1n) is 5.96. The first-order valence-corrected chi connectivity index (χ1v) is 7.04. The number of halogens is 1. The Morgan fingerprint density at radius 1 is 1.22 bits per heavy atom. The van der Waals surface area contributed by atoms with Gasteiger partial charge >= 0.3 is 0 Å². The number of hydrogen-bond acceptors (Lipinski definition) is 3. The van der Waals surface area contributed by atoms with E-state index < -0.39 is 0 Å². The molecule has 0 saturated heterocycles. The maximum absolute atomic E-state index is 4.36. The molecule has 0 saturated carbocycles. The molecule has 1 N–H and O–H groups in total. The lowest BCUT2D eigenvalue weighted by molar-refractivity contribution is 0.891. The molecule has 94 valence electrons. The SMILES string of the molecule is CC1=C(/N=N/c2ccc(NI)c(C)c2)CCC=C1. The zero-order chi connectivity index (χ0) is 13.0. The van der Waals surface area contributed by atoms with Crippen molar-refractivity contribution in [1.29, 1.82) is 0 Å². The Balaban J connectivity index is 2.19. The van der Waals surface area contributed by atoms with Crippen LogP contribution >= 0.6 is 22.9 Å². The lowest BCUT2D eigenvalue weighted by Crippen LogP contribution is -1.88. The largest absolute Gasteiger partial charge is 0.328 e. The third-order valence-corrected chi connectivity index (χ3v) is 3.55. The van der Waals surface area contributed by atoms with Crippen molar-refractivity contribution in [3.8, 4) is 0 Å². The third-order valence-electron chi connectivity index (χ3n) is 2.97. The molecule has 0 bridgehead atoms. The van der Waals surface area contributed by atoms with E-state index in [-0.39, 0.29) is 0 Å². The zero-order valence-electron chi connectivity index (χ0n) is 10.6. The Hall–Kier alpha value is -1.17. The van der Waals surface area contributed by atoms with Gasteiger partial charge in [-0.1, -0.05) is 12.2 Å². The molecule has 4 heteroatoms. The van der Waals surface area contributed by atoms with Crippen molar-refractivity contribution in [2.75, 3.05) is 3.53 Å². The van der Waals surface area contributed by atoms with E-state index in [2.05, 4.69) is 62.6 Å². The Kier molecular flexibility index (Phi) is 4.52. The highest BCUT2D eigenvalue weighted by atomic mass is 127. The Labute approximate surface area is 122 Å². The fraction of sp³-hybridized carbons (Fsp3) is 0.286. The summed E-state index contributed by atoms with van der Waals surface area (Å²) in [5.74, 6) is 0. The van der Waals surface area contributed by atoms with Gasteiger partial charge in [0.25, 0.3) is 0 Å². The molecule has 18 heavy (non-hydrogen) atoms. The normalized spacial score (nSPS) is 15.5. The van der Waals surface area contributed by atoms with Crippen LogP contribution in [0.25, 0.3) is 0 Å². The predicted octanol–water partition coefficient (Wildman–Crippen LogP) is 5.46. The Bertz CT molecular complexity index is 530. The molecule has 1 aliphatic carbocycles. The first kappa shape index (κ1) is 13.3. The number of nitrogens with one attached hydrogen (secondary N) is 1. The molecule has 1 aromatic carbocycles. The summed E-state index contributed by atoms with van der Waals surface area (Å²) in [5.41, 5.74) is 5.50. The molecule has 0 aromatic heterocycles. The molecule has 0 unspecified atom stereocenters. The van der Waals surface area contributed by atoms with Gasteiger partial charge in [-0.15, -0.1) is 0 Å². The van der Waals surface area contributed by atoms with Crippen LogP contribution in [-0.4, -0.2) is 0 Å². The maximum atomic E-state index is 4.36. The predicted molar refractivity (Wildman–Crippen MR) is 84.4 cm³/mol. The standard InChI is InChI=1S/C14H16IN3/c1-10-5-3-4-6-14(10)18-17-12-7-8-13(16-15)11(2)9-12/h3,5,7-9,16H,4,6H2,1-2H3/b18-17+. The van der Waals surface area contributed by atoms with Gasteiger partial charge < -0.3 is 3.53 Å². The molecule has 1 aromatic rings. The Morgan fingerprint density at radius 3 is 2.72 bits per heavy atom. The van der Waals surface area contributed by atoms with Crippen molar-refractivity contribution in [3.63, 3.8) is 0 Å². The summed E-state index contributed by atoms with van der Waals surface area (Å²) in [4.78, 5) is 0. The van der Waals surface area contributed by atoms with E-state index in [1.165, 1.54) is 11.1 Å². The monoisotopic (exact) mass is 353 g/mol. The number of anilines is 1. The minimum atomic E-state index is 0.901. The van der Waals surface area contributed by atoms with E-state index in [9.17, 15) is 0 Å². The van der Waals surface area contributed by atoms with Crippen LogP contribution in [-0.2, 0) is 0 Å². The van der Waals surface area contributed by atoms with Gasteiger partial charge in [0.1, 0.15) is 0 Å². The van der Waals surface area contributed by atoms with Gasteiger partial charge in [0.05, 0.1) is 34.2 Å². The fourth-order valence-corrected chi connectivity index (χ4v) is 2.44. The lowest BCUT2D eigenvalue weighted by Gasteiger charge is -2.07. The number of hydrogen-bond donors (Lipinski definition) is 1. The molecule has 0 aliphatic heterocycles. The van der Waals surface area contributed by atoms with E-state index in [1.807, 2.05) is 18.2 Å². The van der Waals surface area contributed by atoms with Crippen LogP contribution in [0, 0.1) is 6.92 Å².